The molecule has 1 saturated carbocycles. The van der Waals surface area contributed by atoms with Crippen molar-refractivity contribution >= 4 is 5.78 Å². The fourth-order valence-corrected chi connectivity index (χ4v) is 1.63. The molecule has 18 heavy (non-hydrogen) atoms. The van der Waals surface area contributed by atoms with Gasteiger partial charge in [-0.05, 0) is 31.7 Å². The lowest BCUT2D eigenvalue weighted by molar-refractivity contribution is -0.120. The van der Waals surface area contributed by atoms with E-state index in [1.165, 1.54) is 11.1 Å². The van der Waals surface area contributed by atoms with E-state index >= 15 is 0 Å². The number of benzene rings is 1. The molecule has 0 N–H and O–H groups in total. The molecule has 102 valence electrons. The predicted octanol–water partition coefficient (Wildman–Crippen LogP) is 4.96. The summed E-state index contributed by atoms with van der Waals surface area (Å²) < 4.78 is 0. The molecule has 1 heteroatoms. The number of carbonyl (C=O) groups is 1. The molecule has 1 aliphatic rings. The number of aryl methyl sites for hydroxylation is 2. The molecule has 2 rings (SSSR count). The molecule has 1 aliphatic carbocycles. The summed E-state index contributed by atoms with van der Waals surface area (Å²) in [4.78, 5) is 11.4. The number of rotatable bonds is 4. The van der Waals surface area contributed by atoms with Crippen molar-refractivity contribution in [3.63, 3.8) is 0 Å². The number of hydrogen-bond donors (Lipinski definition) is 0. The maximum absolute atomic E-state index is 11.4. The van der Waals surface area contributed by atoms with Crippen LogP contribution >= 0.6 is 0 Å². The Hall–Kier alpha value is -1.11. The predicted molar refractivity (Wildman–Crippen MR) is 79.9 cm³/mol. The molecule has 0 radical (unpaired) electrons. The molecule has 0 spiro atoms. The van der Waals surface area contributed by atoms with Crippen LogP contribution in [-0.2, 0) is 11.2 Å². The maximum atomic E-state index is 11.4. The van der Waals surface area contributed by atoms with Crippen LogP contribution in [0.25, 0.3) is 0 Å². The van der Waals surface area contributed by atoms with Gasteiger partial charge in [0.25, 0.3) is 0 Å². The van der Waals surface area contributed by atoms with Crippen molar-refractivity contribution in [3.05, 3.63) is 35.4 Å². The zero-order chi connectivity index (χ0) is 14.0. The van der Waals surface area contributed by atoms with Crippen LogP contribution in [0.5, 0.6) is 0 Å². The van der Waals surface area contributed by atoms with Gasteiger partial charge in [0.2, 0.25) is 0 Å². The van der Waals surface area contributed by atoms with Crippen molar-refractivity contribution < 1.29 is 4.79 Å². The standard InChI is InChI=1S/C13H16O.2C2H6/c1-10-2-4-11(5-3-10)6-9-13(14)12-7-8-12;2*1-2/h2-5,12H,6-9H2,1H3;2*1-2H3. The SMILES string of the molecule is CC.CC.Cc1ccc(CCC(=O)C2CC2)cc1. The van der Waals surface area contributed by atoms with E-state index < -0.39 is 0 Å². The van der Waals surface area contributed by atoms with E-state index in [1.54, 1.807) is 0 Å². The minimum Gasteiger partial charge on any atom is -0.299 e. The summed E-state index contributed by atoms with van der Waals surface area (Å²) in [5.41, 5.74) is 2.56. The lowest BCUT2D eigenvalue weighted by Crippen LogP contribution is -2.01. The summed E-state index contributed by atoms with van der Waals surface area (Å²) >= 11 is 0. The minimum absolute atomic E-state index is 0.417. The van der Waals surface area contributed by atoms with Crippen LogP contribution < -0.4 is 0 Å². The first kappa shape index (κ1) is 16.9. The summed E-state index contributed by atoms with van der Waals surface area (Å²) in [5, 5.41) is 0. The zero-order valence-electron chi connectivity index (χ0n) is 12.6. The van der Waals surface area contributed by atoms with E-state index in [2.05, 4.69) is 31.2 Å². The van der Waals surface area contributed by atoms with Crippen molar-refractivity contribution in [2.24, 2.45) is 5.92 Å². The van der Waals surface area contributed by atoms with Crippen LogP contribution in [0.4, 0.5) is 0 Å². The van der Waals surface area contributed by atoms with Crippen molar-refractivity contribution in [2.45, 2.75) is 60.3 Å². The third-order valence-electron chi connectivity index (χ3n) is 2.81. The summed E-state index contributed by atoms with van der Waals surface area (Å²) in [6, 6.07) is 8.46. The lowest BCUT2D eigenvalue weighted by Gasteiger charge is -2.00. The van der Waals surface area contributed by atoms with Gasteiger partial charge in [0.15, 0.2) is 0 Å². The second-order valence-electron chi connectivity index (χ2n) is 4.23. The lowest BCUT2D eigenvalue weighted by atomic mass is 10.0. The van der Waals surface area contributed by atoms with Gasteiger partial charge in [-0.1, -0.05) is 57.5 Å². The van der Waals surface area contributed by atoms with Crippen molar-refractivity contribution in [1.82, 2.24) is 0 Å². The summed E-state index contributed by atoms with van der Waals surface area (Å²) in [6.45, 7) is 10.1. The fourth-order valence-electron chi connectivity index (χ4n) is 1.63. The van der Waals surface area contributed by atoms with Crippen LogP contribution in [0.1, 0.15) is 58.1 Å². The monoisotopic (exact) mass is 248 g/mol. The minimum atomic E-state index is 0.417. The van der Waals surface area contributed by atoms with Crippen molar-refractivity contribution in [1.29, 1.82) is 0 Å². The van der Waals surface area contributed by atoms with Gasteiger partial charge in [-0.25, -0.2) is 0 Å². The molecule has 1 aromatic rings. The van der Waals surface area contributed by atoms with Gasteiger partial charge < -0.3 is 0 Å². The zero-order valence-corrected chi connectivity index (χ0v) is 12.6. The third-order valence-corrected chi connectivity index (χ3v) is 2.81. The molecule has 1 nitrogen and oxygen atoms in total. The van der Waals surface area contributed by atoms with E-state index in [0.717, 1.165) is 25.7 Å². The Bertz CT molecular complexity index is 320. The molecule has 0 aliphatic heterocycles. The van der Waals surface area contributed by atoms with Gasteiger partial charge in [0.1, 0.15) is 5.78 Å². The van der Waals surface area contributed by atoms with Gasteiger partial charge in [-0.15, -0.1) is 0 Å². The van der Waals surface area contributed by atoms with E-state index in [4.69, 9.17) is 0 Å². The van der Waals surface area contributed by atoms with E-state index in [9.17, 15) is 4.79 Å². The first-order valence-electron chi connectivity index (χ1n) is 7.34. The highest BCUT2D eigenvalue weighted by molar-refractivity contribution is 5.83. The first-order chi connectivity index (χ1) is 8.75. The van der Waals surface area contributed by atoms with Crippen LogP contribution in [0.3, 0.4) is 0 Å². The number of carbonyl (C=O) groups excluding carboxylic acids is 1. The van der Waals surface area contributed by atoms with Crippen LogP contribution in [0, 0.1) is 12.8 Å². The average molecular weight is 248 g/mol. The van der Waals surface area contributed by atoms with E-state index in [0.29, 0.717) is 11.7 Å². The van der Waals surface area contributed by atoms with Crippen molar-refractivity contribution in [3.8, 4) is 0 Å². The van der Waals surface area contributed by atoms with Crippen molar-refractivity contribution in [2.75, 3.05) is 0 Å². The Morgan fingerprint density at radius 3 is 2.00 bits per heavy atom. The topological polar surface area (TPSA) is 17.1 Å². The Labute approximate surface area is 113 Å². The molecule has 0 atom stereocenters. The quantitative estimate of drug-likeness (QED) is 0.736. The van der Waals surface area contributed by atoms with Crippen LogP contribution in [-0.4, -0.2) is 5.78 Å². The largest absolute Gasteiger partial charge is 0.299 e. The third kappa shape index (κ3) is 6.58. The molecular formula is C17H28O. The maximum Gasteiger partial charge on any atom is 0.136 e. The average Bonchev–Trinajstić information content (AvgIpc) is 3.27. The molecule has 0 heterocycles. The highest BCUT2D eigenvalue weighted by atomic mass is 16.1. The smallest absolute Gasteiger partial charge is 0.136 e. The van der Waals surface area contributed by atoms with Crippen LogP contribution in [0.15, 0.2) is 24.3 Å². The Morgan fingerprint density at radius 2 is 1.56 bits per heavy atom. The molecule has 0 saturated heterocycles. The summed E-state index contributed by atoms with van der Waals surface area (Å²) in [6.07, 6.45) is 3.91. The molecule has 1 fully saturated rings. The fraction of sp³-hybridized carbons (Fsp3) is 0.588. The van der Waals surface area contributed by atoms with E-state index in [-0.39, 0.29) is 0 Å². The Morgan fingerprint density at radius 1 is 1.06 bits per heavy atom. The van der Waals surface area contributed by atoms with Gasteiger partial charge >= 0.3 is 0 Å². The van der Waals surface area contributed by atoms with Gasteiger partial charge in [-0.2, -0.15) is 0 Å². The first-order valence-corrected chi connectivity index (χ1v) is 7.34. The molecule has 0 unspecified atom stereocenters. The van der Waals surface area contributed by atoms with Gasteiger partial charge in [-0.3, -0.25) is 4.79 Å². The molecule has 0 bridgehead atoms. The Balaban J connectivity index is 0.000000659. The molecule has 0 amide bonds. The van der Waals surface area contributed by atoms with Gasteiger partial charge in [0.05, 0.1) is 0 Å². The summed E-state index contributed by atoms with van der Waals surface area (Å²) in [5.74, 6) is 0.881. The molecule has 0 aromatic heterocycles. The van der Waals surface area contributed by atoms with Gasteiger partial charge in [0, 0.05) is 12.3 Å². The normalized spacial score (nSPS) is 12.7. The van der Waals surface area contributed by atoms with E-state index in [1.807, 2.05) is 27.7 Å². The number of hydrogen-bond acceptors (Lipinski definition) is 1. The highest BCUT2D eigenvalue weighted by Gasteiger charge is 2.28. The second kappa shape index (κ2) is 9.87. The highest BCUT2D eigenvalue weighted by Crippen LogP contribution is 2.31. The second-order valence-corrected chi connectivity index (χ2v) is 4.23. The molecule has 1 aromatic carbocycles. The van der Waals surface area contributed by atoms with Crippen LogP contribution in [0.2, 0.25) is 0 Å². The summed E-state index contributed by atoms with van der Waals surface area (Å²) in [7, 11) is 0. The Kier molecular flexibility index (Phi) is 9.26. The number of ketones is 1. The molecular weight excluding hydrogens is 220 g/mol. The number of Topliss-reactive ketones (excluding diaryl/α,β-unsaturated/α-hetero) is 1.